The Bertz CT molecular complexity index is 1210. The molecule has 1 aromatic heterocycles. The maximum Gasteiger partial charge on any atom is -0.0398 e. The molecule has 4 rings (SSSR count). The minimum absolute atomic E-state index is 0.0203. The molecule has 210 valence electrons. The Kier molecular flexibility index (Phi) is 12.4. The summed E-state index contributed by atoms with van der Waals surface area (Å²) < 4.78 is 4.96. The van der Waals surface area contributed by atoms with E-state index < -0.39 is 0 Å². The summed E-state index contributed by atoms with van der Waals surface area (Å²) in [7, 11) is 2.03. The van der Waals surface area contributed by atoms with E-state index >= 15 is 0 Å². The normalized spacial score (nSPS) is 11.5. The monoisotopic (exact) mass is 766 g/mol. The molecule has 0 amide bonds. The number of aryl methyl sites for hydroxylation is 1. The minimum atomic E-state index is -0.0203. The van der Waals surface area contributed by atoms with Crippen molar-refractivity contribution in [2.75, 3.05) is 0 Å². The third kappa shape index (κ3) is 7.91. The molecule has 3 aromatic carbocycles. The van der Waals surface area contributed by atoms with E-state index in [4.69, 9.17) is 0 Å². The number of para-hydroxylation sites is 2. The van der Waals surface area contributed by atoms with Crippen molar-refractivity contribution < 1.29 is 20.4 Å². The van der Waals surface area contributed by atoms with Crippen LogP contribution in [-0.4, -0.2) is 4.57 Å². The fraction of sp³-hybridized carbons (Fsp3) is 0.382. The summed E-state index contributed by atoms with van der Waals surface area (Å²) in [6, 6.07) is 24.0. The Balaban J connectivity index is 0.000000520. The van der Waals surface area contributed by atoms with Gasteiger partial charge in [0, 0.05) is 0 Å². The van der Waals surface area contributed by atoms with Crippen LogP contribution < -0.4 is 20.4 Å². The number of hydrogen-bond acceptors (Lipinski definition) is 1. The van der Waals surface area contributed by atoms with Gasteiger partial charge in [0.25, 0.3) is 0 Å². The zero-order valence-electron chi connectivity index (χ0n) is 24.9. The molecule has 0 aliphatic carbocycles. The van der Waals surface area contributed by atoms with E-state index in [1.165, 1.54) is 44.3 Å². The van der Waals surface area contributed by atoms with Crippen LogP contribution >= 0.6 is 27.5 Å². The average Bonchev–Trinajstić information content (AvgIpc) is 3.31. The number of halogens is 2. The smallest absolute Gasteiger partial charge is 0.0398 e. The predicted octanol–water partition coefficient (Wildman–Crippen LogP) is 7.69. The van der Waals surface area contributed by atoms with Crippen molar-refractivity contribution in [3.63, 3.8) is 0 Å². The number of aromatic nitrogens is 2. The molecule has 0 fully saturated rings. The first kappa shape index (κ1) is 32.2. The van der Waals surface area contributed by atoms with Crippen molar-refractivity contribution in [2.24, 2.45) is 0 Å². The zero-order valence-corrected chi connectivity index (χ0v) is 30.0. The van der Waals surface area contributed by atoms with Crippen molar-refractivity contribution >= 4 is 27.5 Å². The molecule has 5 heteroatoms. The van der Waals surface area contributed by atoms with Crippen molar-refractivity contribution in [3.05, 3.63) is 107 Å². The van der Waals surface area contributed by atoms with Gasteiger partial charge in [0.15, 0.2) is 0 Å². The second kappa shape index (κ2) is 15.1. The molecule has 0 N–H and O–H groups in total. The molecule has 39 heavy (non-hydrogen) atoms. The summed E-state index contributed by atoms with van der Waals surface area (Å²) in [6.45, 7) is 20.6. The van der Waals surface area contributed by atoms with E-state index in [0.29, 0.717) is 23.7 Å². The van der Waals surface area contributed by atoms with Gasteiger partial charge in [0.2, 0.25) is 0 Å². The van der Waals surface area contributed by atoms with Crippen LogP contribution in [-0.2, 0) is 0 Å². The van der Waals surface area contributed by atoms with E-state index in [-0.39, 0.29) is 15.8 Å². The van der Waals surface area contributed by atoms with E-state index in [0.717, 1.165) is 0 Å². The van der Waals surface area contributed by atoms with Crippen LogP contribution in [0.2, 0.25) is 0 Å². The summed E-state index contributed by atoms with van der Waals surface area (Å²) >= 11 is 2.57. The van der Waals surface area contributed by atoms with Gasteiger partial charge in [-0.3, -0.25) is 0 Å². The van der Waals surface area contributed by atoms with Gasteiger partial charge in [-0.2, -0.15) is 0 Å². The summed E-state index contributed by atoms with van der Waals surface area (Å²) in [5.74, 6) is 1.89. The van der Waals surface area contributed by atoms with Gasteiger partial charge in [-0.15, -0.1) is 0 Å². The number of nitrogens with zero attached hydrogens (tertiary/aromatic N) is 2. The molecular formula is C34H44I2N2S. The largest absolute Gasteiger partial charge is 0.0622 e. The van der Waals surface area contributed by atoms with Crippen LogP contribution in [0.5, 0.6) is 0 Å². The summed E-state index contributed by atoms with van der Waals surface area (Å²) in [5.41, 5.74) is 9.77. The van der Waals surface area contributed by atoms with Crippen LogP contribution in [0.3, 0.4) is 0 Å². The number of hydrogen-bond donors (Lipinski definition) is 0. The fourth-order valence-corrected chi connectivity index (χ4v) is 10.2. The third-order valence-corrected chi connectivity index (χ3v) is 12.6. The fourth-order valence-electron chi connectivity index (χ4n) is 4.93. The summed E-state index contributed by atoms with van der Waals surface area (Å²) in [4.78, 5) is 0. The van der Waals surface area contributed by atoms with Gasteiger partial charge in [0.05, 0.1) is 0 Å². The van der Waals surface area contributed by atoms with E-state index in [1.54, 1.807) is 0 Å². The number of benzene rings is 3. The van der Waals surface area contributed by atoms with Gasteiger partial charge in [-0.25, -0.2) is 0 Å². The maximum atomic E-state index is 2.60. The minimum Gasteiger partial charge on any atom is -0.0622 e. The van der Waals surface area contributed by atoms with Gasteiger partial charge < -0.3 is 0 Å². The first-order valence-corrected chi connectivity index (χ1v) is 23.6. The molecule has 0 saturated heterocycles. The molecule has 0 unspecified atom stereocenters. The molecule has 0 saturated carbocycles. The Morgan fingerprint density at radius 3 is 1.51 bits per heavy atom. The van der Waals surface area contributed by atoms with Crippen LogP contribution in [0.25, 0.3) is 11.4 Å². The molecule has 0 radical (unpaired) electrons. The maximum absolute atomic E-state index is 2.60. The van der Waals surface area contributed by atoms with Crippen molar-refractivity contribution in [1.29, 1.82) is 0 Å². The van der Waals surface area contributed by atoms with Gasteiger partial charge in [-0.1, -0.05) is 35.9 Å². The van der Waals surface area contributed by atoms with Crippen LogP contribution in [0.1, 0.15) is 107 Å². The van der Waals surface area contributed by atoms with Crippen molar-refractivity contribution in [3.8, 4) is 11.4 Å². The quantitative estimate of drug-likeness (QED) is 0.132. The molecule has 0 spiro atoms. The van der Waals surface area contributed by atoms with E-state index in [9.17, 15) is 0 Å². The predicted molar refractivity (Wildman–Crippen MR) is 175 cm³/mol. The molecular weight excluding hydrogens is 722 g/mol. The number of imidazole rings is 1. The Morgan fingerprint density at radius 1 is 0.667 bits per heavy atom. The summed E-state index contributed by atoms with van der Waals surface area (Å²) in [5, 5.41) is 1.33. The zero-order chi connectivity index (χ0) is 28.7. The first-order chi connectivity index (χ1) is 18.6. The molecule has 0 atom stereocenters. The average molecular weight is 767 g/mol. The van der Waals surface area contributed by atoms with Crippen molar-refractivity contribution in [2.45, 2.75) is 91.1 Å². The van der Waals surface area contributed by atoms with Crippen LogP contribution in [0.15, 0.2) is 84.3 Å². The van der Waals surface area contributed by atoms with Crippen LogP contribution in [0.4, 0.5) is 0 Å². The Labute approximate surface area is 259 Å². The van der Waals surface area contributed by atoms with Crippen molar-refractivity contribution in [1.82, 2.24) is 4.57 Å². The van der Waals surface area contributed by atoms with E-state index in [2.05, 4.69) is 151 Å². The SMILES string of the molecule is CC(C)c1cccc(C(C)C)c1-n1cc[n+](-c2c(C(C)C)cccc2C(C)C)c1S[I-]I.Cc1ccccc1. The standard InChI is InChI=1S/C27H36I2N2S.C7H8/c1-17(2)21-11-9-12-22(18(3)4)25(21)30-15-16-31(27(30)32-29-28)26-23(19(5)6)13-10-14-24(26)20(7)8;1-7-5-3-2-4-6-7/h9-20H,1-8H3;2-6H,1H3. The molecule has 4 aromatic rings. The van der Waals surface area contributed by atoms with Crippen LogP contribution in [0, 0.1) is 6.92 Å². The number of rotatable bonds is 8. The van der Waals surface area contributed by atoms with E-state index in [1.807, 2.05) is 27.1 Å². The third-order valence-electron chi connectivity index (χ3n) is 6.98. The Hall–Kier alpha value is -1.32. The second-order valence-electron chi connectivity index (χ2n) is 11.3. The Morgan fingerprint density at radius 2 is 1.13 bits per heavy atom. The second-order valence-corrected chi connectivity index (χ2v) is 21.0. The molecule has 0 aliphatic rings. The molecule has 0 bridgehead atoms. The van der Waals surface area contributed by atoms with Gasteiger partial charge in [-0.05, 0) is 6.92 Å². The van der Waals surface area contributed by atoms with Gasteiger partial charge in [0.1, 0.15) is 0 Å². The first-order valence-electron chi connectivity index (χ1n) is 13.9. The molecule has 2 nitrogen and oxygen atoms in total. The van der Waals surface area contributed by atoms with Gasteiger partial charge >= 0.3 is 219 Å². The summed E-state index contributed by atoms with van der Waals surface area (Å²) in [6.07, 6.45) is 4.60. The topological polar surface area (TPSA) is 8.81 Å². The molecule has 0 aliphatic heterocycles. The molecule has 1 heterocycles.